The lowest BCUT2D eigenvalue weighted by molar-refractivity contribution is 0.0968. The summed E-state index contributed by atoms with van der Waals surface area (Å²) in [6.07, 6.45) is 1.54. The zero-order valence-electron chi connectivity index (χ0n) is 10.6. The minimum absolute atomic E-state index is 0.0450. The number of methoxy groups -OCH3 is 1. The molecule has 0 atom stereocenters. The molecule has 0 unspecified atom stereocenters. The Hall–Kier alpha value is -0.900. The Morgan fingerprint density at radius 1 is 1.24 bits per heavy atom. The van der Waals surface area contributed by atoms with E-state index in [9.17, 15) is 10.2 Å². The first-order valence-electron chi connectivity index (χ1n) is 5.96. The van der Waals surface area contributed by atoms with Crippen molar-refractivity contribution in [3.05, 3.63) is 35.4 Å². The molecule has 0 saturated carbocycles. The summed E-state index contributed by atoms with van der Waals surface area (Å²) in [5.41, 5.74) is 1.59. The van der Waals surface area contributed by atoms with Crippen LogP contribution in [0.2, 0.25) is 0 Å². The highest BCUT2D eigenvalue weighted by atomic mass is 16.5. The zero-order valence-corrected chi connectivity index (χ0v) is 10.6. The molecule has 0 bridgehead atoms. The van der Waals surface area contributed by atoms with E-state index in [1.807, 2.05) is 31.2 Å². The fraction of sp³-hybridized carbons (Fsp3) is 0.571. The van der Waals surface area contributed by atoms with Crippen LogP contribution < -0.4 is 0 Å². The Balaban J connectivity index is 2.89. The minimum Gasteiger partial charge on any atom is -0.395 e. The molecule has 1 aromatic rings. The van der Waals surface area contributed by atoms with Crippen LogP contribution in [0, 0.1) is 6.92 Å². The molecule has 1 rings (SSSR count). The molecule has 0 aliphatic rings. The smallest absolute Gasteiger partial charge is 0.0550 e. The topological polar surface area (TPSA) is 49.7 Å². The Labute approximate surface area is 103 Å². The van der Waals surface area contributed by atoms with E-state index in [0.717, 1.165) is 24.0 Å². The van der Waals surface area contributed by atoms with Crippen molar-refractivity contribution in [1.82, 2.24) is 0 Å². The van der Waals surface area contributed by atoms with Crippen LogP contribution in [0.5, 0.6) is 0 Å². The van der Waals surface area contributed by atoms with E-state index >= 15 is 0 Å². The average molecular weight is 238 g/mol. The SMILES string of the molecule is COCCCC(CO)(CO)c1cccc(C)c1. The Morgan fingerprint density at radius 3 is 2.47 bits per heavy atom. The van der Waals surface area contributed by atoms with E-state index in [1.54, 1.807) is 7.11 Å². The monoisotopic (exact) mass is 238 g/mol. The molecule has 0 heterocycles. The second-order valence-electron chi connectivity index (χ2n) is 4.56. The second-order valence-corrected chi connectivity index (χ2v) is 4.56. The molecular weight excluding hydrogens is 216 g/mol. The van der Waals surface area contributed by atoms with Crippen molar-refractivity contribution < 1.29 is 14.9 Å². The number of rotatable bonds is 7. The number of aliphatic hydroxyl groups is 2. The van der Waals surface area contributed by atoms with Gasteiger partial charge in [0.25, 0.3) is 0 Å². The summed E-state index contributed by atoms with van der Waals surface area (Å²) in [7, 11) is 1.66. The molecule has 3 heteroatoms. The van der Waals surface area contributed by atoms with E-state index in [2.05, 4.69) is 0 Å². The van der Waals surface area contributed by atoms with Gasteiger partial charge in [-0.2, -0.15) is 0 Å². The lowest BCUT2D eigenvalue weighted by Crippen LogP contribution is -2.35. The van der Waals surface area contributed by atoms with Gasteiger partial charge in [0.05, 0.1) is 13.2 Å². The van der Waals surface area contributed by atoms with Gasteiger partial charge < -0.3 is 14.9 Å². The Morgan fingerprint density at radius 2 is 1.94 bits per heavy atom. The van der Waals surface area contributed by atoms with Gasteiger partial charge in [-0.3, -0.25) is 0 Å². The molecule has 0 aliphatic heterocycles. The first-order valence-corrected chi connectivity index (χ1v) is 5.96. The number of ether oxygens (including phenoxy) is 1. The van der Waals surface area contributed by atoms with Crippen molar-refractivity contribution in [2.45, 2.75) is 25.2 Å². The van der Waals surface area contributed by atoms with Crippen molar-refractivity contribution >= 4 is 0 Å². The highest BCUT2D eigenvalue weighted by Gasteiger charge is 2.30. The minimum atomic E-state index is -0.551. The summed E-state index contributed by atoms with van der Waals surface area (Å²) in [6.45, 7) is 2.57. The molecule has 96 valence electrons. The fourth-order valence-corrected chi connectivity index (χ4v) is 2.06. The van der Waals surface area contributed by atoms with Crippen molar-refractivity contribution in [1.29, 1.82) is 0 Å². The molecule has 2 N–H and O–H groups in total. The van der Waals surface area contributed by atoms with E-state index in [1.165, 1.54) is 0 Å². The molecule has 3 nitrogen and oxygen atoms in total. The summed E-state index contributed by atoms with van der Waals surface area (Å²) < 4.78 is 5.02. The van der Waals surface area contributed by atoms with Gasteiger partial charge in [-0.15, -0.1) is 0 Å². The zero-order chi connectivity index (χ0) is 12.7. The Kier molecular flexibility index (Phi) is 5.62. The third kappa shape index (κ3) is 3.53. The maximum absolute atomic E-state index is 9.62. The van der Waals surface area contributed by atoms with E-state index in [-0.39, 0.29) is 13.2 Å². The lowest BCUT2D eigenvalue weighted by Gasteiger charge is -2.30. The van der Waals surface area contributed by atoms with Gasteiger partial charge in [0.2, 0.25) is 0 Å². The highest BCUT2D eigenvalue weighted by molar-refractivity contribution is 5.30. The van der Waals surface area contributed by atoms with E-state index in [0.29, 0.717) is 6.61 Å². The molecule has 0 spiro atoms. The standard InChI is InChI=1S/C14H22O3/c1-12-5-3-6-13(9-12)14(10-15,11-16)7-4-8-17-2/h3,5-6,9,15-16H,4,7-8,10-11H2,1-2H3. The second kappa shape index (κ2) is 6.74. The summed E-state index contributed by atoms with van der Waals surface area (Å²) in [5, 5.41) is 19.2. The molecule has 0 aliphatic carbocycles. The Bertz CT molecular complexity index is 332. The van der Waals surface area contributed by atoms with Crippen LogP contribution in [-0.4, -0.2) is 37.1 Å². The summed E-state index contributed by atoms with van der Waals surface area (Å²) in [6, 6.07) is 7.96. The number of benzene rings is 1. The molecular formula is C14H22O3. The molecule has 1 aromatic carbocycles. The van der Waals surface area contributed by atoms with Crippen molar-refractivity contribution in [3.63, 3.8) is 0 Å². The maximum Gasteiger partial charge on any atom is 0.0550 e. The number of hydrogen-bond donors (Lipinski definition) is 2. The van der Waals surface area contributed by atoms with Gasteiger partial charge in [-0.05, 0) is 25.3 Å². The van der Waals surface area contributed by atoms with Crippen molar-refractivity contribution in [3.8, 4) is 0 Å². The first-order chi connectivity index (χ1) is 8.18. The van der Waals surface area contributed by atoms with E-state index < -0.39 is 5.41 Å². The number of aryl methyl sites for hydroxylation is 1. The van der Waals surface area contributed by atoms with Gasteiger partial charge in [0.15, 0.2) is 0 Å². The average Bonchev–Trinajstić information content (AvgIpc) is 2.35. The van der Waals surface area contributed by atoms with Crippen LogP contribution in [0.3, 0.4) is 0 Å². The van der Waals surface area contributed by atoms with Crippen molar-refractivity contribution in [2.75, 3.05) is 26.9 Å². The third-order valence-corrected chi connectivity index (χ3v) is 3.24. The predicted octanol–water partition coefficient (Wildman–Crippen LogP) is 1.64. The van der Waals surface area contributed by atoms with Crippen LogP contribution in [0.25, 0.3) is 0 Å². The quantitative estimate of drug-likeness (QED) is 0.710. The van der Waals surface area contributed by atoms with Crippen LogP contribution >= 0.6 is 0 Å². The van der Waals surface area contributed by atoms with Crippen LogP contribution in [0.1, 0.15) is 24.0 Å². The lowest BCUT2D eigenvalue weighted by atomic mass is 9.77. The fourth-order valence-electron chi connectivity index (χ4n) is 2.06. The highest BCUT2D eigenvalue weighted by Crippen LogP contribution is 2.29. The number of aliphatic hydroxyl groups excluding tert-OH is 2. The normalized spacial score (nSPS) is 11.8. The predicted molar refractivity (Wildman–Crippen MR) is 68.1 cm³/mol. The van der Waals surface area contributed by atoms with Crippen LogP contribution in [-0.2, 0) is 10.2 Å². The van der Waals surface area contributed by atoms with Gasteiger partial charge in [0.1, 0.15) is 0 Å². The van der Waals surface area contributed by atoms with Gasteiger partial charge in [-0.1, -0.05) is 29.8 Å². The summed E-state index contributed by atoms with van der Waals surface area (Å²) >= 11 is 0. The summed E-state index contributed by atoms with van der Waals surface area (Å²) in [5.74, 6) is 0. The summed E-state index contributed by atoms with van der Waals surface area (Å²) in [4.78, 5) is 0. The molecule has 0 amide bonds. The molecule has 0 saturated heterocycles. The van der Waals surface area contributed by atoms with Crippen LogP contribution in [0.15, 0.2) is 24.3 Å². The molecule has 0 radical (unpaired) electrons. The molecule has 0 aromatic heterocycles. The van der Waals surface area contributed by atoms with Gasteiger partial charge >= 0.3 is 0 Å². The first kappa shape index (κ1) is 14.2. The third-order valence-electron chi connectivity index (χ3n) is 3.24. The van der Waals surface area contributed by atoms with Gasteiger partial charge in [0, 0.05) is 19.1 Å². The van der Waals surface area contributed by atoms with Crippen molar-refractivity contribution in [2.24, 2.45) is 0 Å². The number of hydrogen-bond acceptors (Lipinski definition) is 3. The van der Waals surface area contributed by atoms with E-state index in [4.69, 9.17) is 4.74 Å². The van der Waals surface area contributed by atoms with Gasteiger partial charge in [-0.25, -0.2) is 0 Å². The largest absolute Gasteiger partial charge is 0.395 e. The molecule has 0 fully saturated rings. The maximum atomic E-state index is 9.62. The molecule has 17 heavy (non-hydrogen) atoms. The van der Waals surface area contributed by atoms with Crippen LogP contribution in [0.4, 0.5) is 0 Å².